The average molecular weight is 865 g/mol. The minimum Gasteiger partial charge on any atom is -0.440 e. The van der Waals surface area contributed by atoms with Crippen molar-refractivity contribution in [1.82, 2.24) is 0 Å². The van der Waals surface area contributed by atoms with Gasteiger partial charge in [-0.05, 0) is 103 Å². The van der Waals surface area contributed by atoms with Gasteiger partial charge in [0, 0.05) is 21.1 Å². The molecule has 0 saturated carbocycles. The molecule has 0 rings (SSSR count). The molecular weight excluding hydrogens is 788 g/mol. The van der Waals surface area contributed by atoms with Crippen molar-refractivity contribution in [2.45, 2.75) is 182 Å². The van der Waals surface area contributed by atoms with Crippen LogP contribution in [-0.4, -0.2) is 51.1 Å². The van der Waals surface area contributed by atoms with E-state index in [2.05, 4.69) is 113 Å². The quantitative estimate of drug-likeness (QED) is 0.0694. The van der Waals surface area contributed by atoms with E-state index in [1.54, 1.807) is 0 Å². The molecule has 254 valence electrons. The first-order valence-corrected chi connectivity index (χ1v) is 34.3. The van der Waals surface area contributed by atoms with E-state index in [9.17, 15) is 0 Å². The number of rotatable bonds is 20. The Morgan fingerprint density at radius 1 is 0.537 bits per heavy atom. The zero-order chi connectivity index (χ0) is 32.1. The Labute approximate surface area is 281 Å². The van der Waals surface area contributed by atoms with E-state index in [1.165, 1.54) is 69.5 Å². The van der Waals surface area contributed by atoms with E-state index in [4.69, 9.17) is 16.5 Å². The number of hydrogen-bond donors (Lipinski definition) is 0. The van der Waals surface area contributed by atoms with Crippen molar-refractivity contribution in [3.63, 3.8) is 0 Å². The number of unbranched alkanes of at least 4 members (excludes halogenated alkanes) is 5. The molecule has 0 radical (unpaired) electrons. The zero-order valence-electron chi connectivity index (χ0n) is 30.8. The third kappa shape index (κ3) is 35.9. The Morgan fingerprint density at radius 2 is 0.878 bits per heavy atom. The van der Waals surface area contributed by atoms with Crippen LogP contribution in [0.1, 0.15) is 85.5 Å². The van der Waals surface area contributed by atoms with Gasteiger partial charge in [-0.1, -0.05) is 85.1 Å². The molecule has 0 aliphatic rings. The maximum atomic E-state index is 6.58. The molecule has 0 atom stereocenters. The van der Waals surface area contributed by atoms with Crippen LogP contribution < -0.4 is 0 Å². The van der Waals surface area contributed by atoms with Crippen molar-refractivity contribution >= 4 is 51.1 Å². The van der Waals surface area contributed by atoms with E-state index in [-0.39, 0.29) is 21.1 Å². The summed E-state index contributed by atoms with van der Waals surface area (Å²) in [6, 6.07) is 3.81. The maximum absolute atomic E-state index is 6.58. The largest absolute Gasteiger partial charge is 0.440 e. The van der Waals surface area contributed by atoms with E-state index >= 15 is 0 Å². The fourth-order valence-electron chi connectivity index (χ4n) is 4.97. The molecule has 4 nitrogen and oxygen atoms in total. The molecule has 0 aromatic rings. The molecule has 0 bridgehead atoms. The van der Waals surface area contributed by atoms with Crippen LogP contribution in [0.3, 0.4) is 0 Å². The summed E-state index contributed by atoms with van der Waals surface area (Å²) in [5.74, 6) is 0. The minimum atomic E-state index is -1.96. The second kappa shape index (κ2) is 25.7. The smallest absolute Gasteiger partial charge is 0.311 e. The van der Waals surface area contributed by atoms with Crippen molar-refractivity contribution in [1.29, 1.82) is 0 Å². The Kier molecular flexibility index (Phi) is 31.0. The Bertz CT molecular complexity index is 618. The van der Waals surface area contributed by atoms with E-state index in [1.807, 2.05) is 6.08 Å². The summed E-state index contributed by atoms with van der Waals surface area (Å²) in [5, 5.41) is 0. The molecule has 41 heavy (non-hydrogen) atoms. The molecule has 0 N–H and O–H groups in total. The van der Waals surface area contributed by atoms with Gasteiger partial charge in [-0.25, -0.2) is 0 Å². The Hall–Kier alpha value is 1.57. The molecule has 0 fully saturated rings. The van der Waals surface area contributed by atoms with Gasteiger partial charge in [0.1, 0.15) is 0 Å². The normalized spacial score (nSPS) is 12.6. The first kappa shape index (κ1) is 49.4. The van der Waals surface area contributed by atoms with Crippen molar-refractivity contribution in [3.8, 4) is 0 Å². The second-order valence-electron chi connectivity index (χ2n) is 14.3. The predicted octanol–water partition coefficient (Wildman–Crippen LogP) is 11.8. The third-order valence-electron chi connectivity index (χ3n) is 6.23. The fourth-order valence-corrected chi connectivity index (χ4v) is 31.4. The van der Waals surface area contributed by atoms with Crippen molar-refractivity contribution < 1.29 is 37.5 Å². The van der Waals surface area contributed by atoms with Crippen LogP contribution in [0.15, 0.2) is 12.7 Å². The topological polar surface area (TPSA) is 36.9 Å². The van der Waals surface area contributed by atoms with E-state index < -0.39 is 51.1 Å². The number of allylic oxidation sites excluding steroid dienone is 1. The van der Waals surface area contributed by atoms with Crippen LogP contribution in [0, 0.1) is 0 Å². The fraction of sp³-hybridized carbons (Fsp3) is 0.933. The molecule has 0 unspecified atom stereocenters. The van der Waals surface area contributed by atoms with Gasteiger partial charge in [0.2, 0.25) is 0 Å². The number of hydrogen-bond acceptors (Lipinski definition) is 4. The van der Waals surface area contributed by atoms with Crippen molar-refractivity contribution in [2.24, 2.45) is 0 Å². The molecule has 0 aliphatic carbocycles. The van der Waals surface area contributed by atoms with Crippen LogP contribution in [0.2, 0.25) is 96.7 Å². The summed E-state index contributed by atoms with van der Waals surface area (Å²) in [7, 11) is -9.30. The molecule has 0 aliphatic heterocycles. The monoisotopic (exact) mass is 863 g/mol. The molecule has 0 heterocycles. The standard InChI is InChI=1S/C15H38O2Si3.C10H28O2Si3.C5H10.Pt/c1-9-11-13-15-19(5,6)17-20(7,8)16-18(3,4)14-12-10-2;1-8-9-10-14(4,5)12-15(6,7)11-13(2)3;1-3-5-4-2;/h9-15H2,1-8H3;13H,8-10H2,1-7H3;3H,1,4-5H2,2H3;. The molecule has 0 amide bonds. The molecule has 0 saturated heterocycles. The zero-order valence-corrected chi connectivity index (χ0v) is 39.2. The third-order valence-corrected chi connectivity index (χ3v) is 27.6. The molecule has 11 heteroatoms. The first-order chi connectivity index (χ1) is 18.1. The summed E-state index contributed by atoms with van der Waals surface area (Å²) >= 11 is 0. The van der Waals surface area contributed by atoms with Gasteiger partial charge in [0.25, 0.3) is 0 Å². The van der Waals surface area contributed by atoms with Gasteiger partial charge in [-0.15, -0.1) is 6.58 Å². The van der Waals surface area contributed by atoms with Crippen molar-refractivity contribution in [3.05, 3.63) is 12.7 Å². The first-order valence-electron chi connectivity index (χ1n) is 16.5. The van der Waals surface area contributed by atoms with Gasteiger partial charge >= 0.3 is 17.1 Å². The predicted molar refractivity (Wildman–Crippen MR) is 199 cm³/mol. The van der Waals surface area contributed by atoms with Crippen LogP contribution in [0.4, 0.5) is 0 Å². The SMILES string of the molecule is C=CCCC.CCCCC[Si](C)(C)O[Si](C)(C)O[Si](C)(C)CCCC.CCCC[Si](C)(C)O[Si](C)(C)O[SiH](C)C.[Pt]. The van der Waals surface area contributed by atoms with E-state index in [0.717, 1.165) is 6.42 Å². The summed E-state index contributed by atoms with van der Waals surface area (Å²) in [4.78, 5) is 0. The van der Waals surface area contributed by atoms with Crippen LogP contribution in [0.5, 0.6) is 0 Å². The second-order valence-corrected chi connectivity index (χ2v) is 37.4. The summed E-state index contributed by atoms with van der Waals surface area (Å²) in [5.41, 5.74) is 0. The van der Waals surface area contributed by atoms with Gasteiger partial charge in [-0.2, -0.15) is 0 Å². The van der Waals surface area contributed by atoms with E-state index in [0.29, 0.717) is 0 Å². The Balaban J connectivity index is -0.000000288. The molecule has 0 spiro atoms. The van der Waals surface area contributed by atoms with Gasteiger partial charge in [-0.3, -0.25) is 0 Å². The van der Waals surface area contributed by atoms with Crippen LogP contribution in [0.25, 0.3) is 0 Å². The Morgan fingerprint density at radius 3 is 1.15 bits per heavy atom. The summed E-state index contributed by atoms with van der Waals surface area (Å²) < 4.78 is 25.5. The summed E-state index contributed by atoms with van der Waals surface area (Å²) in [6.07, 6.45) is 13.4. The molecular formula is C30H76O4PtSi6. The van der Waals surface area contributed by atoms with Crippen LogP contribution >= 0.6 is 0 Å². The van der Waals surface area contributed by atoms with Gasteiger partial charge in [0.05, 0.1) is 0 Å². The summed E-state index contributed by atoms with van der Waals surface area (Å²) in [6.45, 7) is 39.9. The molecule has 0 aromatic carbocycles. The van der Waals surface area contributed by atoms with Crippen molar-refractivity contribution in [2.75, 3.05) is 0 Å². The average Bonchev–Trinajstić information content (AvgIpc) is 2.74. The van der Waals surface area contributed by atoms with Gasteiger partial charge in [0.15, 0.2) is 34.0 Å². The minimum absolute atomic E-state index is 0. The molecule has 0 aromatic heterocycles. The van der Waals surface area contributed by atoms with Gasteiger partial charge < -0.3 is 16.5 Å². The van der Waals surface area contributed by atoms with Crippen LogP contribution in [-0.2, 0) is 37.5 Å². The maximum Gasteiger partial charge on any atom is 0.311 e.